The van der Waals surface area contributed by atoms with E-state index in [1.807, 2.05) is 42.5 Å². The van der Waals surface area contributed by atoms with Crippen molar-refractivity contribution in [1.82, 2.24) is 4.90 Å². The molecule has 0 heterocycles. The second-order valence-corrected chi connectivity index (χ2v) is 7.99. The van der Waals surface area contributed by atoms with Crippen molar-refractivity contribution in [1.29, 1.82) is 0 Å². The Bertz CT molecular complexity index is 893. The number of ketones is 2. The quantitative estimate of drug-likeness (QED) is 0.423. The molecule has 2 aromatic carbocycles. The highest BCUT2D eigenvalue weighted by Crippen LogP contribution is 2.42. The highest BCUT2D eigenvalue weighted by molar-refractivity contribution is 6.33. The van der Waals surface area contributed by atoms with Crippen LogP contribution >= 0.6 is 0 Å². The lowest BCUT2D eigenvalue weighted by Gasteiger charge is -2.24. The Balaban J connectivity index is 1.86. The molecule has 0 aromatic heterocycles. The first-order valence-electron chi connectivity index (χ1n) is 11.1. The maximum absolute atomic E-state index is 13.4. The number of nitrogens with zero attached hydrogens (tertiary/aromatic N) is 1. The molecule has 0 fully saturated rings. The Kier molecular flexibility index (Phi) is 7.60. The van der Waals surface area contributed by atoms with Gasteiger partial charge in [-0.05, 0) is 31.5 Å². The van der Waals surface area contributed by atoms with Gasteiger partial charge in [-0.1, -0.05) is 87.2 Å². The molecular formula is C27H31NO2. The van der Waals surface area contributed by atoms with E-state index in [1.165, 1.54) is 0 Å². The number of Topliss-reactive ketones (excluding diaryl/α,β-unsaturated/α-hetero) is 2. The van der Waals surface area contributed by atoms with Crippen molar-refractivity contribution in [2.75, 3.05) is 19.6 Å². The van der Waals surface area contributed by atoms with Gasteiger partial charge in [-0.2, -0.15) is 0 Å². The van der Waals surface area contributed by atoms with Crippen LogP contribution in [0.15, 0.2) is 54.6 Å². The number of carbonyl (C=O) groups is 2. The molecule has 0 saturated heterocycles. The second kappa shape index (κ2) is 10.4. The number of benzene rings is 2. The van der Waals surface area contributed by atoms with Crippen LogP contribution in [-0.2, 0) is 5.41 Å². The van der Waals surface area contributed by atoms with Gasteiger partial charge in [-0.15, -0.1) is 5.92 Å². The zero-order valence-corrected chi connectivity index (χ0v) is 18.1. The van der Waals surface area contributed by atoms with Crippen LogP contribution in [0.3, 0.4) is 0 Å². The van der Waals surface area contributed by atoms with Gasteiger partial charge in [-0.25, -0.2) is 0 Å². The van der Waals surface area contributed by atoms with Crippen LogP contribution < -0.4 is 0 Å². The summed E-state index contributed by atoms with van der Waals surface area (Å²) >= 11 is 0. The van der Waals surface area contributed by atoms with E-state index in [-0.39, 0.29) is 18.0 Å². The normalized spacial score (nSPS) is 14.5. The van der Waals surface area contributed by atoms with E-state index < -0.39 is 5.41 Å². The average molecular weight is 402 g/mol. The minimum Gasteiger partial charge on any atom is -0.293 e. The zero-order valence-electron chi connectivity index (χ0n) is 18.1. The summed E-state index contributed by atoms with van der Waals surface area (Å²) in [6, 6.07) is 16.5. The Morgan fingerprint density at radius 2 is 1.30 bits per heavy atom. The van der Waals surface area contributed by atoms with Gasteiger partial charge in [0.25, 0.3) is 0 Å². The van der Waals surface area contributed by atoms with Crippen LogP contribution in [0.1, 0.15) is 72.2 Å². The summed E-state index contributed by atoms with van der Waals surface area (Å²) in [5.74, 6) is 6.22. The molecule has 0 atom stereocenters. The van der Waals surface area contributed by atoms with Crippen LogP contribution in [0, 0.1) is 11.8 Å². The molecule has 0 amide bonds. The fourth-order valence-electron chi connectivity index (χ4n) is 4.09. The predicted molar refractivity (Wildman–Crippen MR) is 122 cm³/mol. The van der Waals surface area contributed by atoms with Gasteiger partial charge in [-0.3, -0.25) is 14.5 Å². The summed E-state index contributed by atoms with van der Waals surface area (Å²) in [6.07, 6.45) is 4.86. The molecule has 3 heteroatoms. The van der Waals surface area contributed by atoms with Gasteiger partial charge in [0.05, 0.1) is 6.54 Å². The number of fused-ring (bicyclic) bond motifs is 1. The third-order valence-corrected chi connectivity index (χ3v) is 5.90. The number of hydrogen-bond acceptors (Lipinski definition) is 3. The molecule has 1 aliphatic carbocycles. The van der Waals surface area contributed by atoms with E-state index >= 15 is 0 Å². The summed E-state index contributed by atoms with van der Waals surface area (Å²) in [5, 5.41) is 0. The molecule has 0 unspecified atom stereocenters. The molecule has 3 nitrogen and oxygen atoms in total. The summed E-state index contributed by atoms with van der Waals surface area (Å²) in [6.45, 7) is 7.15. The number of unbranched alkanes of at least 4 members (excludes halogenated alkanes) is 2. The molecule has 0 spiro atoms. The van der Waals surface area contributed by atoms with Crippen LogP contribution in [0.4, 0.5) is 0 Å². The molecular weight excluding hydrogens is 370 g/mol. The Labute approximate surface area is 180 Å². The lowest BCUT2D eigenvalue weighted by Crippen LogP contribution is -2.38. The number of rotatable bonds is 9. The zero-order chi connectivity index (χ0) is 21.4. The van der Waals surface area contributed by atoms with E-state index in [4.69, 9.17) is 0 Å². The minimum atomic E-state index is -1.23. The molecule has 0 aliphatic heterocycles. The van der Waals surface area contributed by atoms with Crippen molar-refractivity contribution in [3.05, 3.63) is 71.3 Å². The van der Waals surface area contributed by atoms with Gasteiger partial charge < -0.3 is 0 Å². The predicted octanol–water partition coefficient (Wildman–Crippen LogP) is 5.30. The summed E-state index contributed by atoms with van der Waals surface area (Å²) in [7, 11) is 0. The topological polar surface area (TPSA) is 37.4 Å². The van der Waals surface area contributed by atoms with Gasteiger partial charge in [0.2, 0.25) is 0 Å². The van der Waals surface area contributed by atoms with E-state index in [0.29, 0.717) is 17.7 Å². The largest absolute Gasteiger partial charge is 0.293 e. The molecule has 30 heavy (non-hydrogen) atoms. The Hall–Kier alpha value is -2.70. The van der Waals surface area contributed by atoms with Gasteiger partial charge >= 0.3 is 0 Å². The summed E-state index contributed by atoms with van der Waals surface area (Å²) < 4.78 is 0. The minimum absolute atomic E-state index is 0.127. The molecule has 0 radical (unpaired) electrons. The first kappa shape index (κ1) is 22.0. The van der Waals surface area contributed by atoms with Crippen LogP contribution in [0.2, 0.25) is 0 Å². The van der Waals surface area contributed by atoms with Crippen LogP contribution in [-0.4, -0.2) is 36.1 Å². The molecule has 156 valence electrons. The third-order valence-electron chi connectivity index (χ3n) is 5.90. The SMILES string of the molecule is CCCCN(CC#CCC1(c2ccccc2)C(=O)c2ccccc2C1=O)CCCC. The smallest absolute Gasteiger partial charge is 0.182 e. The second-order valence-electron chi connectivity index (χ2n) is 7.99. The number of carbonyl (C=O) groups excluding carboxylic acids is 2. The Morgan fingerprint density at radius 3 is 1.83 bits per heavy atom. The maximum Gasteiger partial charge on any atom is 0.182 e. The summed E-state index contributed by atoms with van der Waals surface area (Å²) in [5.41, 5.74) is 0.538. The van der Waals surface area contributed by atoms with E-state index in [9.17, 15) is 9.59 Å². The lowest BCUT2D eigenvalue weighted by atomic mass is 9.73. The molecule has 0 N–H and O–H groups in total. The number of hydrogen-bond donors (Lipinski definition) is 0. The molecule has 1 aliphatic rings. The van der Waals surface area contributed by atoms with Gasteiger partial charge in [0.1, 0.15) is 5.41 Å². The first-order valence-corrected chi connectivity index (χ1v) is 11.1. The van der Waals surface area contributed by atoms with Crippen molar-refractivity contribution >= 4 is 11.6 Å². The first-order chi connectivity index (χ1) is 14.6. The fourth-order valence-corrected chi connectivity index (χ4v) is 4.09. The highest BCUT2D eigenvalue weighted by Gasteiger charge is 2.53. The fraction of sp³-hybridized carbons (Fsp3) is 0.407. The van der Waals surface area contributed by atoms with E-state index in [2.05, 4.69) is 30.6 Å². The van der Waals surface area contributed by atoms with Crippen molar-refractivity contribution in [3.63, 3.8) is 0 Å². The van der Waals surface area contributed by atoms with Crippen molar-refractivity contribution in [2.45, 2.75) is 51.4 Å². The van der Waals surface area contributed by atoms with Gasteiger partial charge in [0.15, 0.2) is 11.6 Å². The molecule has 0 bridgehead atoms. The maximum atomic E-state index is 13.4. The summed E-state index contributed by atoms with van der Waals surface area (Å²) in [4.78, 5) is 29.3. The average Bonchev–Trinajstić information content (AvgIpc) is 3.01. The van der Waals surface area contributed by atoms with Crippen molar-refractivity contribution < 1.29 is 9.59 Å². The van der Waals surface area contributed by atoms with Crippen molar-refractivity contribution in [3.8, 4) is 11.8 Å². The third kappa shape index (κ3) is 4.40. The Morgan fingerprint density at radius 1 is 0.767 bits per heavy atom. The van der Waals surface area contributed by atoms with Gasteiger partial charge in [0, 0.05) is 17.5 Å². The molecule has 2 aromatic rings. The molecule has 3 rings (SSSR count). The van der Waals surface area contributed by atoms with E-state index in [1.54, 1.807) is 12.1 Å². The van der Waals surface area contributed by atoms with Crippen LogP contribution in [0.25, 0.3) is 0 Å². The van der Waals surface area contributed by atoms with Crippen molar-refractivity contribution in [2.24, 2.45) is 0 Å². The monoisotopic (exact) mass is 401 g/mol. The van der Waals surface area contributed by atoms with Crippen LogP contribution in [0.5, 0.6) is 0 Å². The highest BCUT2D eigenvalue weighted by atomic mass is 16.2. The standard InChI is InChI=1S/C27H31NO2/c1-3-5-19-28(20-6-4-2)21-13-12-18-27(22-14-8-7-9-15-22)25(29)23-16-10-11-17-24(23)26(27)30/h7-11,14-17H,3-6,18-21H2,1-2H3. The molecule has 0 saturated carbocycles. The van der Waals surface area contributed by atoms with E-state index in [0.717, 1.165) is 44.3 Å². The lowest BCUT2D eigenvalue weighted by molar-refractivity contribution is 0.0797.